The Hall–Kier alpha value is -1.84. The minimum Gasteiger partial charge on any atom is -0.210 e. The third-order valence-corrected chi connectivity index (χ3v) is 6.95. The molecule has 0 aromatic rings. The average Bonchev–Trinajstić information content (AvgIpc) is 2.81. The van der Waals surface area contributed by atoms with Crippen molar-refractivity contribution >= 4 is 10.0 Å². The maximum Gasteiger partial charge on any atom is 0.460 e. The van der Waals surface area contributed by atoms with E-state index in [-0.39, 0.29) is 6.42 Å². The predicted molar refractivity (Wildman–Crippen MR) is 92.3 cm³/mol. The second kappa shape index (κ2) is 11.1. The average molecular weight is 755 g/mol. The summed E-state index contributed by atoms with van der Waals surface area (Å²) in [4.78, 5) is 0. The SMILES string of the molecule is CCCCNS(=O)(=O)C(F)(F)C(F)(F)C(F)(F)C(F)(F)C(F)(F)C(F)(F)C(F)(F)C(F)(F)C(F)(F)C(F)(F)C(F)(F)C(F)(F)F. The van der Waals surface area contributed by atoms with Gasteiger partial charge in [-0.25, -0.2) is 13.1 Å². The number of nitrogens with one attached hydrogen (secondary N) is 1. The Morgan fingerprint density at radius 1 is 0.400 bits per heavy atom. The maximum absolute atomic E-state index is 13.8. The highest BCUT2D eigenvalue weighted by Crippen LogP contribution is 2.67. The number of unbranched alkanes of at least 4 members (excludes halogenated alkanes) is 1. The molecule has 0 aromatic carbocycles. The van der Waals surface area contributed by atoms with Crippen LogP contribution in [0.2, 0.25) is 0 Å². The van der Waals surface area contributed by atoms with Gasteiger partial charge >= 0.3 is 70.7 Å². The third-order valence-electron chi connectivity index (χ3n) is 5.43. The van der Waals surface area contributed by atoms with Gasteiger partial charge in [-0.2, -0.15) is 110 Å². The normalized spacial score (nSPS) is 16.8. The van der Waals surface area contributed by atoms with E-state index in [1.165, 1.54) is 0 Å². The number of halogens is 25. The first-order valence-electron chi connectivity index (χ1n) is 10.3. The second-order valence-electron chi connectivity index (χ2n) is 8.51. The standard InChI is InChI=1S/C16H10F25NO2S/c1-2-3-4-42-45(43,44)16(40,41)14(35,36)12(31,32)10(27,28)8(23,24)6(19,20)5(17,18)7(21,22)9(25,26)11(29,30)13(33,34)15(37,38)39/h42H,2-4H2,1H3. The number of hydrogen-bond acceptors (Lipinski definition) is 2. The summed E-state index contributed by atoms with van der Waals surface area (Å²) in [6, 6.07) is 0. The van der Waals surface area contributed by atoms with Crippen LogP contribution in [-0.2, 0) is 10.0 Å². The maximum atomic E-state index is 13.8. The van der Waals surface area contributed by atoms with E-state index in [2.05, 4.69) is 0 Å². The molecule has 0 aliphatic heterocycles. The van der Waals surface area contributed by atoms with Crippen molar-refractivity contribution in [3.05, 3.63) is 0 Å². The molecule has 0 fully saturated rings. The Kier molecular flexibility index (Phi) is 10.7. The summed E-state index contributed by atoms with van der Waals surface area (Å²) in [5, 5.41) is -7.88. The van der Waals surface area contributed by atoms with Gasteiger partial charge in [0.05, 0.1) is 0 Å². The fourth-order valence-corrected chi connectivity index (χ4v) is 3.64. The minimum absolute atomic E-state index is 0.252. The van der Waals surface area contributed by atoms with Crippen molar-refractivity contribution in [1.29, 1.82) is 0 Å². The zero-order chi connectivity index (χ0) is 37.3. The first-order valence-corrected chi connectivity index (χ1v) is 11.8. The lowest BCUT2D eigenvalue weighted by Crippen LogP contribution is -2.78. The van der Waals surface area contributed by atoms with Crippen molar-refractivity contribution in [3.63, 3.8) is 0 Å². The van der Waals surface area contributed by atoms with Crippen molar-refractivity contribution in [1.82, 2.24) is 4.72 Å². The fourth-order valence-electron chi connectivity index (χ4n) is 2.58. The van der Waals surface area contributed by atoms with Gasteiger partial charge in [0, 0.05) is 6.54 Å². The van der Waals surface area contributed by atoms with E-state index in [1.807, 2.05) is 0 Å². The highest BCUT2D eigenvalue weighted by Gasteiger charge is 3.00. The second-order valence-corrected chi connectivity index (χ2v) is 10.3. The van der Waals surface area contributed by atoms with Crippen LogP contribution in [0.1, 0.15) is 19.8 Å². The Bertz CT molecular complexity index is 1170. The highest BCUT2D eigenvalue weighted by molar-refractivity contribution is 7.90. The van der Waals surface area contributed by atoms with Gasteiger partial charge in [-0.3, -0.25) is 0 Å². The van der Waals surface area contributed by atoms with Gasteiger partial charge in [0.2, 0.25) is 0 Å². The zero-order valence-corrected chi connectivity index (χ0v) is 21.1. The molecular formula is C16H10F25NO2S. The van der Waals surface area contributed by atoms with Crippen molar-refractivity contribution < 1.29 is 118 Å². The van der Waals surface area contributed by atoms with Gasteiger partial charge in [-0.05, 0) is 6.42 Å². The number of alkyl halides is 25. The van der Waals surface area contributed by atoms with Gasteiger partial charge in [0.25, 0.3) is 10.0 Å². The van der Waals surface area contributed by atoms with Crippen LogP contribution in [0, 0.1) is 0 Å². The van der Waals surface area contributed by atoms with Crippen molar-refractivity contribution in [2.45, 2.75) is 90.4 Å². The van der Waals surface area contributed by atoms with Gasteiger partial charge in [-0.15, -0.1) is 0 Å². The van der Waals surface area contributed by atoms with Crippen molar-refractivity contribution in [2.24, 2.45) is 0 Å². The van der Waals surface area contributed by atoms with Gasteiger partial charge < -0.3 is 0 Å². The summed E-state index contributed by atoms with van der Waals surface area (Å²) in [7, 11) is -7.52. The summed E-state index contributed by atoms with van der Waals surface area (Å²) >= 11 is 0. The molecule has 0 aliphatic carbocycles. The molecule has 0 heterocycles. The van der Waals surface area contributed by atoms with Crippen LogP contribution in [0.3, 0.4) is 0 Å². The smallest absolute Gasteiger partial charge is 0.210 e. The quantitative estimate of drug-likeness (QED) is 0.135. The molecule has 0 bridgehead atoms. The van der Waals surface area contributed by atoms with E-state index in [4.69, 9.17) is 0 Å². The van der Waals surface area contributed by atoms with E-state index in [9.17, 15) is 118 Å². The molecule has 0 aliphatic rings. The van der Waals surface area contributed by atoms with Crippen LogP contribution in [0.15, 0.2) is 0 Å². The molecule has 0 saturated heterocycles. The van der Waals surface area contributed by atoms with Crippen LogP contribution in [-0.4, -0.2) is 85.6 Å². The molecule has 0 aromatic heterocycles. The van der Waals surface area contributed by atoms with Crippen LogP contribution in [0.4, 0.5) is 110 Å². The monoisotopic (exact) mass is 755 g/mol. The summed E-state index contributed by atoms with van der Waals surface area (Å²) in [6.07, 6.45) is -9.13. The summed E-state index contributed by atoms with van der Waals surface area (Å²) in [5.41, 5.74) is 0. The minimum atomic E-state index is -9.72. The fraction of sp³-hybridized carbons (Fsp3) is 1.00. The Morgan fingerprint density at radius 3 is 0.844 bits per heavy atom. The molecular weight excluding hydrogens is 745 g/mol. The van der Waals surface area contributed by atoms with E-state index >= 15 is 0 Å². The molecule has 0 radical (unpaired) electrons. The highest BCUT2D eigenvalue weighted by atomic mass is 32.2. The Balaban J connectivity index is 7.37. The third kappa shape index (κ3) is 5.41. The largest absolute Gasteiger partial charge is 0.460 e. The first kappa shape index (κ1) is 43.2. The topological polar surface area (TPSA) is 46.2 Å². The van der Waals surface area contributed by atoms with Gasteiger partial charge in [-0.1, -0.05) is 13.3 Å². The van der Waals surface area contributed by atoms with Crippen LogP contribution in [0.25, 0.3) is 0 Å². The Labute approximate surface area is 231 Å². The molecule has 0 amide bonds. The molecule has 3 nitrogen and oxygen atoms in total. The van der Waals surface area contributed by atoms with Gasteiger partial charge in [0.1, 0.15) is 0 Å². The lowest BCUT2D eigenvalue weighted by atomic mass is 9.85. The van der Waals surface area contributed by atoms with E-state index in [1.54, 1.807) is 0 Å². The number of hydrogen-bond donors (Lipinski definition) is 1. The zero-order valence-electron chi connectivity index (χ0n) is 20.3. The molecule has 0 saturated carbocycles. The first-order chi connectivity index (χ1) is 19.1. The number of rotatable bonds is 15. The summed E-state index contributed by atoms with van der Waals surface area (Å²) in [6.45, 7) is -0.371. The molecule has 0 unspecified atom stereocenters. The molecule has 0 atom stereocenters. The molecule has 0 rings (SSSR count). The molecule has 45 heavy (non-hydrogen) atoms. The van der Waals surface area contributed by atoms with Gasteiger partial charge in [0.15, 0.2) is 0 Å². The summed E-state index contributed by atoms with van der Waals surface area (Å²) < 4.78 is 357. The summed E-state index contributed by atoms with van der Waals surface area (Å²) in [5.74, 6) is -93.4. The Morgan fingerprint density at radius 2 is 0.622 bits per heavy atom. The molecule has 272 valence electrons. The van der Waals surface area contributed by atoms with E-state index < -0.39 is 93.6 Å². The lowest BCUT2D eigenvalue weighted by molar-refractivity contribution is -0.480. The van der Waals surface area contributed by atoms with E-state index in [0.29, 0.717) is 4.72 Å². The number of sulfonamides is 1. The van der Waals surface area contributed by atoms with Crippen LogP contribution >= 0.6 is 0 Å². The van der Waals surface area contributed by atoms with Crippen LogP contribution in [0.5, 0.6) is 0 Å². The molecule has 0 spiro atoms. The predicted octanol–water partition coefficient (Wildman–Crippen LogP) is 8.21. The van der Waals surface area contributed by atoms with Crippen molar-refractivity contribution in [3.8, 4) is 0 Å². The molecule has 1 N–H and O–H groups in total. The van der Waals surface area contributed by atoms with Crippen LogP contribution < -0.4 is 4.72 Å². The molecule has 29 heteroatoms. The van der Waals surface area contributed by atoms with Crippen molar-refractivity contribution in [2.75, 3.05) is 6.54 Å². The lowest BCUT2D eigenvalue weighted by Gasteiger charge is -2.45. The van der Waals surface area contributed by atoms with E-state index in [0.717, 1.165) is 6.92 Å².